The van der Waals surface area contributed by atoms with Gasteiger partial charge < -0.3 is 26.4 Å². The Morgan fingerprint density at radius 2 is 1.50 bits per heavy atom. The molecule has 0 aromatic heterocycles. The number of methoxy groups -OCH3 is 1. The van der Waals surface area contributed by atoms with Crippen LogP contribution in [0.2, 0.25) is 0 Å². The van der Waals surface area contributed by atoms with E-state index in [0.717, 1.165) is 0 Å². The third kappa shape index (κ3) is 1.56. The number of anilines is 2. The molecule has 2 aromatic carbocycles. The molecule has 112 valence electrons. The van der Waals surface area contributed by atoms with Crippen molar-refractivity contribution in [3.05, 3.63) is 40.5 Å². The fourth-order valence-corrected chi connectivity index (χ4v) is 2.62. The topological polar surface area (TPSA) is 136 Å². The number of aromatic hydroxyl groups is 2. The average Bonchev–Trinajstić information content (AvgIpc) is 2.48. The first-order chi connectivity index (χ1) is 10.4. The number of phenolic OH excluding ortho intramolecular Hbond substituents is 2. The number of hydrogen-bond acceptors (Lipinski definition) is 7. The van der Waals surface area contributed by atoms with Gasteiger partial charge in [0, 0.05) is 17.4 Å². The number of carbonyl (C=O) groups is 2. The molecule has 1 aliphatic rings. The number of nitrogens with two attached hydrogens (primary N) is 2. The maximum Gasteiger partial charge on any atom is 0.200 e. The minimum Gasteiger partial charge on any atom is -0.507 e. The summed E-state index contributed by atoms with van der Waals surface area (Å²) in [5.74, 6) is -2.26. The molecule has 0 bridgehead atoms. The monoisotopic (exact) mass is 300 g/mol. The molecular weight excluding hydrogens is 288 g/mol. The molecule has 22 heavy (non-hydrogen) atoms. The average molecular weight is 300 g/mol. The van der Waals surface area contributed by atoms with E-state index in [0.29, 0.717) is 0 Å². The predicted octanol–water partition coefficient (Wildman–Crippen LogP) is 1.05. The molecule has 3 rings (SSSR count). The number of fused-ring (bicyclic) bond motifs is 2. The molecule has 0 aliphatic heterocycles. The second-order valence-corrected chi connectivity index (χ2v) is 4.85. The van der Waals surface area contributed by atoms with E-state index < -0.39 is 17.3 Å². The number of hydrogen-bond donors (Lipinski definition) is 4. The van der Waals surface area contributed by atoms with E-state index in [4.69, 9.17) is 16.2 Å². The Balaban J connectivity index is 2.44. The third-order valence-electron chi connectivity index (χ3n) is 3.64. The molecule has 7 heteroatoms. The fourth-order valence-electron chi connectivity index (χ4n) is 2.62. The minimum atomic E-state index is -0.693. The number of rotatable bonds is 1. The maximum atomic E-state index is 12.7. The van der Waals surface area contributed by atoms with Crippen LogP contribution >= 0.6 is 0 Å². The van der Waals surface area contributed by atoms with E-state index >= 15 is 0 Å². The standard InChI is InChI=1S/C15H12N2O5/c1-22-8-4-6(17)10-12(13(8)19)15(21)9-5(16)2-3-7(18)11(9)14(10)20/h2-4,18-19H,16-17H2,1H3. The summed E-state index contributed by atoms with van der Waals surface area (Å²) >= 11 is 0. The van der Waals surface area contributed by atoms with Crippen LogP contribution in [0.15, 0.2) is 18.2 Å². The maximum absolute atomic E-state index is 12.7. The largest absolute Gasteiger partial charge is 0.507 e. The number of phenols is 2. The number of ether oxygens (including phenoxy) is 1. The number of nitrogen functional groups attached to an aromatic ring is 2. The predicted molar refractivity (Wildman–Crippen MR) is 78.5 cm³/mol. The van der Waals surface area contributed by atoms with Crippen LogP contribution in [0.1, 0.15) is 31.8 Å². The zero-order valence-electron chi connectivity index (χ0n) is 11.5. The van der Waals surface area contributed by atoms with Crippen molar-refractivity contribution in [2.45, 2.75) is 0 Å². The first-order valence-corrected chi connectivity index (χ1v) is 6.28. The highest BCUT2D eigenvalue weighted by atomic mass is 16.5. The lowest BCUT2D eigenvalue weighted by Crippen LogP contribution is -2.24. The molecule has 0 atom stereocenters. The Morgan fingerprint density at radius 3 is 2.14 bits per heavy atom. The van der Waals surface area contributed by atoms with E-state index in [1.807, 2.05) is 0 Å². The van der Waals surface area contributed by atoms with Crippen LogP contribution in [0.3, 0.4) is 0 Å². The van der Waals surface area contributed by atoms with E-state index in [1.54, 1.807) is 0 Å². The Labute approximate surface area is 124 Å². The smallest absolute Gasteiger partial charge is 0.200 e. The number of benzene rings is 2. The van der Waals surface area contributed by atoms with Crippen LogP contribution in [0, 0.1) is 0 Å². The molecule has 0 unspecified atom stereocenters. The number of carbonyl (C=O) groups excluding carboxylic acids is 2. The summed E-state index contributed by atoms with van der Waals surface area (Å²) in [5.41, 5.74) is 10.7. The van der Waals surface area contributed by atoms with Crippen LogP contribution in [0.5, 0.6) is 17.2 Å². The van der Waals surface area contributed by atoms with Crippen molar-refractivity contribution < 1.29 is 24.5 Å². The van der Waals surface area contributed by atoms with Crippen molar-refractivity contribution in [1.29, 1.82) is 0 Å². The van der Waals surface area contributed by atoms with Crippen LogP contribution in [-0.4, -0.2) is 28.9 Å². The van der Waals surface area contributed by atoms with E-state index in [2.05, 4.69) is 0 Å². The molecule has 1 aliphatic carbocycles. The van der Waals surface area contributed by atoms with Crippen LogP contribution in [-0.2, 0) is 0 Å². The summed E-state index contributed by atoms with van der Waals surface area (Å²) in [6.07, 6.45) is 0. The molecular formula is C15H12N2O5. The molecule has 6 N–H and O–H groups in total. The Hall–Kier alpha value is -3.22. The van der Waals surface area contributed by atoms with Gasteiger partial charge in [-0.05, 0) is 12.1 Å². The van der Waals surface area contributed by atoms with E-state index in [1.165, 1.54) is 25.3 Å². The normalized spacial score (nSPS) is 12.8. The molecule has 7 nitrogen and oxygen atoms in total. The summed E-state index contributed by atoms with van der Waals surface area (Å²) < 4.78 is 4.94. The van der Waals surface area contributed by atoms with Crippen molar-refractivity contribution in [2.24, 2.45) is 0 Å². The molecule has 2 aromatic rings. The Kier molecular flexibility index (Phi) is 2.74. The SMILES string of the molecule is COc1cc(N)c2c(c1O)C(=O)c1c(N)ccc(O)c1C2=O. The summed E-state index contributed by atoms with van der Waals surface area (Å²) in [6.45, 7) is 0. The summed E-state index contributed by atoms with van der Waals surface area (Å²) in [6, 6.07) is 3.78. The molecule has 0 saturated carbocycles. The van der Waals surface area contributed by atoms with Gasteiger partial charge in [0.15, 0.2) is 11.5 Å². The van der Waals surface area contributed by atoms with Crippen LogP contribution < -0.4 is 16.2 Å². The molecule has 0 saturated heterocycles. The van der Waals surface area contributed by atoms with Gasteiger partial charge in [-0.25, -0.2) is 0 Å². The van der Waals surface area contributed by atoms with Gasteiger partial charge in [-0.3, -0.25) is 9.59 Å². The van der Waals surface area contributed by atoms with Crippen molar-refractivity contribution >= 4 is 22.9 Å². The highest BCUT2D eigenvalue weighted by molar-refractivity contribution is 6.33. The van der Waals surface area contributed by atoms with Gasteiger partial charge in [-0.1, -0.05) is 0 Å². The molecule has 0 heterocycles. The molecule has 0 fully saturated rings. The number of ketones is 2. The van der Waals surface area contributed by atoms with Crippen LogP contribution in [0.25, 0.3) is 0 Å². The van der Waals surface area contributed by atoms with Gasteiger partial charge in [0.05, 0.1) is 29.4 Å². The molecule has 0 spiro atoms. The summed E-state index contributed by atoms with van der Waals surface area (Å²) in [4.78, 5) is 25.3. The molecule has 0 radical (unpaired) electrons. The van der Waals surface area contributed by atoms with E-state index in [9.17, 15) is 19.8 Å². The van der Waals surface area contributed by atoms with Crippen molar-refractivity contribution in [1.82, 2.24) is 0 Å². The van der Waals surface area contributed by atoms with Crippen molar-refractivity contribution in [3.8, 4) is 17.2 Å². The van der Waals surface area contributed by atoms with Crippen molar-refractivity contribution in [2.75, 3.05) is 18.6 Å². The highest BCUT2D eigenvalue weighted by Gasteiger charge is 2.38. The fraction of sp³-hybridized carbons (Fsp3) is 0.0667. The van der Waals surface area contributed by atoms with Gasteiger partial charge in [-0.2, -0.15) is 0 Å². The Morgan fingerprint density at radius 1 is 0.909 bits per heavy atom. The second-order valence-electron chi connectivity index (χ2n) is 4.85. The van der Waals surface area contributed by atoms with Gasteiger partial charge >= 0.3 is 0 Å². The zero-order valence-corrected chi connectivity index (χ0v) is 11.5. The summed E-state index contributed by atoms with van der Waals surface area (Å²) in [7, 11) is 1.30. The quantitative estimate of drug-likeness (QED) is 0.389. The van der Waals surface area contributed by atoms with Crippen LogP contribution in [0.4, 0.5) is 11.4 Å². The zero-order chi connectivity index (χ0) is 16.2. The third-order valence-corrected chi connectivity index (χ3v) is 3.64. The van der Waals surface area contributed by atoms with Gasteiger partial charge in [0.2, 0.25) is 11.6 Å². The van der Waals surface area contributed by atoms with E-state index in [-0.39, 0.29) is 45.1 Å². The lowest BCUT2D eigenvalue weighted by Gasteiger charge is -2.22. The summed E-state index contributed by atoms with van der Waals surface area (Å²) in [5, 5.41) is 20.1. The second kappa shape index (κ2) is 4.39. The first kappa shape index (κ1) is 13.7. The Bertz CT molecular complexity index is 858. The lowest BCUT2D eigenvalue weighted by atomic mass is 9.81. The lowest BCUT2D eigenvalue weighted by molar-refractivity contribution is 0.0975. The molecule has 0 amide bonds. The van der Waals surface area contributed by atoms with Gasteiger partial charge in [0.25, 0.3) is 0 Å². The first-order valence-electron chi connectivity index (χ1n) is 6.28. The van der Waals surface area contributed by atoms with Gasteiger partial charge in [0.1, 0.15) is 5.75 Å². The highest BCUT2D eigenvalue weighted by Crippen LogP contribution is 2.44. The van der Waals surface area contributed by atoms with Crippen molar-refractivity contribution in [3.63, 3.8) is 0 Å². The minimum absolute atomic E-state index is 0.0255. The van der Waals surface area contributed by atoms with Gasteiger partial charge in [-0.15, -0.1) is 0 Å².